The van der Waals surface area contributed by atoms with Gasteiger partial charge in [0.15, 0.2) is 0 Å². The molecule has 2 atom stereocenters. The Morgan fingerprint density at radius 1 is 1.44 bits per heavy atom. The van der Waals surface area contributed by atoms with E-state index in [1.807, 2.05) is 11.9 Å². The minimum atomic E-state index is -0.00993. The van der Waals surface area contributed by atoms with Gasteiger partial charge in [-0.1, -0.05) is 6.42 Å². The van der Waals surface area contributed by atoms with E-state index in [4.69, 9.17) is 5.73 Å². The second kappa shape index (κ2) is 5.69. The second-order valence-corrected chi connectivity index (χ2v) is 5.45. The third-order valence-corrected chi connectivity index (χ3v) is 4.14. The minimum Gasteiger partial charge on any atom is -0.344 e. The van der Waals surface area contributed by atoms with E-state index < -0.39 is 0 Å². The average Bonchev–Trinajstić information content (AvgIpc) is 2.94. The van der Waals surface area contributed by atoms with Crippen molar-refractivity contribution >= 4 is 11.8 Å². The van der Waals surface area contributed by atoms with Crippen LogP contribution in [0.4, 0.5) is 0 Å². The molecule has 2 aliphatic rings. The molecule has 1 heterocycles. The quantitative estimate of drug-likeness (QED) is 0.778. The molecule has 1 saturated heterocycles. The standard InChI is InChI=1S/C13H23N3O2/c1-15(8-9-16-7-3-6-12(16)17)13(18)10-4-2-5-11(10)14/h10-11H,2-9,14H2,1H3/t10-,11+/m0/s1. The highest BCUT2D eigenvalue weighted by Crippen LogP contribution is 2.25. The number of likely N-dealkylation sites (tertiary alicyclic amines) is 1. The van der Waals surface area contributed by atoms with E-state index >= 15 is 0 Å². The van der Waals surface area contributed by atoms with Gasteiger partial charge in [0, 0.05) is 39.1 Å². The first kappa shape index (κ1) is 13.3. The zero-order valence-corrected chi connectivity index (χ0v) is 11.1. The van der Waals surface area contributed by atoms with Crippen molar-refractivity contribution in [2.24, 2.45) is 11.7 Å². The lowest BCUT2D eigenvalue weighted by Crippen LogP contribution is -2.43. The van der Waals surface area contributed by atoms with Crippen LogP contribution in [0.1, 0.15) is 32.1 Å². The number of rotatable bonds is 4. The summed E-state index contributed by atoms with van der Waals surface area (Å²) in [6, 6.07) is 0.0216. The van der Waals surface area contributed by atoms with Gasteiger partial charge in [-0.3, -0.25) is 9.59 Å². The number of likely N-dealkylation sites (N-methyl/N-ethyl adjacent to an activating group) is 1. The Morgan fingerprint density at radius 3 is 2.78 bits per heavy atom. The summed E-state index contributed by atoms with van der Waals surface area (Å²) in [4.78, 5) is 27.2. The summed E-state index contributed by atoms with van der Waals surface area (Å²) in [6.07, 6.45) is 4.52. The van der Waals surface area contributed by atoms with Crippen LogP contribution in [0.2, 0.25) is 0 Å². The smallest absolute Gasteiger partial charge is 0.227 e. The largest absolute Gasteiger partial charge is 0.344 e. The van der Waals surface area contributed by atoms with Gasteiger partial charge in [-0.25, -0.2) is 0 Å². The van der Waals surface area contributed by atoms with E-state index in [0.717, 1.165) is 32.2 Å². The van der Waals surface area contributed by atoms with E-state index in [-0.39, 0.29) is 23.8 Å². The zero-order chi connectivity index (χ0) is 13.1. The monoisotopic (exact) mass is 253 g/mol. The van der Waals surface area contributed by atoms with Crippen molar-refractivity contribution < 1.29 is 9.59 Å². The van der Waals surface area contributed by atoms with Gasteiger partial charge >= 0.3 is 0 Å². The number of carbonyl (C=O) groups is 2. The van der Waals surface area contributed by atoms with Crippen LogP contribution in [0, 0.1) is 5.92 Å². The highest BCUT2D eigenvalue weighted by molar-refractivity contribution is 5.80. The van der Waals surface area contributed by atoms with Crippen LogP contribution in [0.25, 0.3) is 0 Å². The number of nitrogens with two attached hydrogens (primary N) is 1. The fraction of sp³-hybridized carbons (Fsp3) is 0.846. The molecule has 5 nitrogen and oxygen atoms in total. The Labute approximate surface area is 108 Å². The third kappa shape index (κ3) is 2.83. The number of hydrogen-bond acceptors (Lipinski definition) is 3. The Balaban J connectivity index is 1.78. The van der Waals surface area contributed by atoms with Crippen molar-refractivity contribution in [1.29, 1.82) is 0 Å². The van der Waals surface area contributed by atoms with Gasteiger partial charge in [0.05, 0.1) is 5.92 Å². The molecule has 0 unspecified atom stereocenters. The van der Waals surface area contributed by atoms with Gasteiger partial charge in [-0.2, -0.15) is 0 Å². The molecule has 0 radical (unpaired) electrons. The fourth-order valence-electron chi connectivity index (χ4n) is 2.90. The van der Waals surface area contributed by atoms with Crippen LogP contribution in [0.3, 0.4) is 0 Å². The molecule has 1 aliphatic heterocycles. The average molecular weight is 253 g/mol. The SMILES string of the molecule is CN(CCN1CCCC1=O)C(=O)[C@H]1CCC[C@H]1N. The number of nitrogens with zero attached hydrogens (tertiary/aromatic N) is 2. The third-order valence-electron chi connectivity index (χ3n) is 4.14. The van der Waals surface area contributed by atoms with Crippen LogP contribution < -0.4 is 5.73 Å². The highest BCUT2D eigenvalue weighted by Gasteiger charge is 2.32. The summed E-state index contributed by atoms with van der Waals surface area (Å²) in [5.41, 5.74) is 5.95. The summed E-state index contributed by atoms with van der Waals surface area (Å²) >= 11 is 0. The van der Waals surface area contributed by atoms with E-state index in [0.29, 0.717) is 19.5 Å². The molecule has 0 aromatic carbocycles. The van der Waals surface area contributed by atoms with Crippen LogP contribution >= 0.6 is 0 Å². The molecule has 0 spiro atoms. The molecule has 0 aromatic rings. The first-order chi connectivity index (χ1) is 8.59. The maximum absolute atomic E-state index is 12.2. The topological polar surface area (TPSA) is 66.6 Å². The molecular formula is C13H23N3O2. The lowest BCUT2D eigenvalue weighted by Gasteiger charge is -2.25. The lowest BCUT2D eigenvalue weighted by atomic mass is 10.0. The van der Waals surface area contributed by atoms with Crippen molar-refractivity contribution in [3.63, 3.8) is 0 Å². The Hall–Kier alpha value is -1.10. The highest BCUT2D eigenvalue weighted by atomic mass is 16.2. The number of hydrogen-bond donors (Lipinski definition) is 1. The predicted molar refractivity (Wildman–Crippen MR) is 68.8 cm³/mol. The predicted octanol–water partition coefficient (Wildman–Crippen LogP) is 0.195. The molecule has 2 amide bonds. The van der Waals surface area contributed by atoms with Gasteiger partial charge < -0.3 is 15.5 Å². The molecule has 0 aromatic heterocycles. The molecule has 18 heavy (non-hydrogen) atoms. The van der Waals surface area contributed by atoms with E-state index in [9.17, 15) is 9.59 Å². The van der Waals surface area contributed by atoms with Crippen LogP contribution in [0.15, 0.2) is 0 Å². The van der Waals surface area contributed by atoms with Crippen LogP contribution in [-0.4, -0.2) is 54.3 Å². The maximum Gasteiger partial charge on any atom is 0.227 e. The molecule has 2 fully saturated rings. The summed E-state index contributed by atoms with van der Waals surface area (Å²) in [5.74, 6) is 0.351. The van der Waals surface area contributed by atoms with Crippen molar-refractivity contribution in [1.82, 2.24) is 9.80 Å². The van der Waals surface area contributed by atoms with Gasteiger partial charge in [-0.15, -0.1) is 0 Å². The molecule has 1 aliphatic carbocycles. The molecule has 2 N–H and O–H groups in total. The van der Waals surface area contributed by atoms with Gasteiger partial charge in [0.25, 0.3) is 0 Å². The van der Waals surface area contributed by atoms with Gasteiger partial charge in [-0.05, 0) is 19.3 Å². The molecule has 0 bridgehead atoms. The maximum atomic E-state index is 12.2. The Kier molecular flexibility index (Phi) is 4.22. The van der Waals surface area contributed by atoms with Gasteiger partial charge in [0.2, 0.25) is 11.8 Å². The fourth-order valence-corrected chi connectivity index (χ4v) is 2.90. The molecule has 2 rings (SSSR count). The summed E-state index contributed by atoms with van der Waals surface area (Å²) in [7, 11) is 1.81. The van der Waals surface area contributed by atoms with Crippen molar-refractivity contribution in [3.8, 4) is 0 Å². The van der Waals surface area contributed by atoms with Crippen molar-refractivity contribution in [3.05, 3.63) is 0 Å². The van der Waals surface area contributed by atoms with E-state index in [2.05, 4.69) is 0 Å². The summed E-state index contributed by atoms with van der Waals surface area (Å²) in [5, 5.41) is 0. The summed E-state index contributed by atoms with van der Waals surface area (Å²) < 4.78 is 0. The first-order valence-electron chi connectivity index (χ1n) is 6.88. The lowest BCUT2D eigenvalue weighted by molar-refractivity contribution is -0.136. The van der Waals surface area contributed by atoms with Crippen LogP contribution in [0.5, 0.6) is 0 Å². The second-order valence-electron chi connectivity index (χ2n) is 5.45. The number of carbonyl (C=O) groups excluding carboxylic acids is 2. The number of amides is 2. The summed E-state index contributed by atoms with van der Waals surface area (Å²) in [6.45, 7) is 2.11. The zero-order valence-electron chi connectivity index (χ0n) is 11.1. The molecular weight excluding hydrogens is 230 g/mol. The molecule has 102 valence electrons. The first-order valence-corrected chi connectivity index (χ1v) is 6.88. The van der Waals surface area contributed by atoms with Crippen LogP contribution in [-0.2, 0) is 9.59 Å². The van der Waals surface area contributed by atoms with E-state index in [1.165, 1.54) is 0 Å². The van der Waals surface area contributed by atoms with Crippen molar-refractivity contribution in [2.75, 3.05) is 26.7 Å². The van der Waals surface area contributed by atoms with Gasteiger partial charge in [0.1, 0.15) is 0 Å². The Morgan fingerprint density at radius 2 is 2.22 bits per heavy atom. The molecule has 5 heteroatoms. The van der Waals surface area contributed by atoms with Crippen molar-refractivity contribution in [2.45, 2.75) is 38.1 Å². The van der Waals surface area contributed by atoms with E-state index in [1.54, 1.807) is 4.90 Å². The minimum absolute atomic E-state index is 0.00993. The molecule has 1 saturated carbocycles. The normalized spacial score (nSPS) is 27.9. The Bertz CT molecular complexity index is 332.